The van der Waals surface area contributed by atoms with E-state index in [1.54, 1.807) is 35.7 Å². The molecule has 0 saturated carbocycles. The summed E-state index contributed by atoms with van der Waals surface area (Å²) in [7, 11) is 0. The van der Waals surface area contributed by atoms with Crippen molar-refractivity contribution < 1.29 is 9.59 Å². The molecule has 1 aromatic carbocycles. The molecule has 7 nitrogen and oxygen atoms in total. The molecule has 0 bridgehead atoms. The number of rotatable bonds is 7. The number of carbonyl (C=O) groups excluding carboxylic acids is 2. The Bertz CT molecular complexity index is 1330. The number of ketones is 1. The van der Waals surface area contributed by atoms with Crippen molar-refractivity contribution in [2.24, 2.45) is 0 Å². The van der Waals surface area contributed by atoms with E-state index in [1.807, 2.05) is 44.2 Å². The first-order valence-electron chi connectivity index (χ1n) is 9.94. The highest BCUT2D eigenvalue weighted by atomic mass is 32.1. The number of Topliss-reactive ketones (excluding diaryl/α,β-unsaturated/α-hetero) is 1. The van der Waals surface area contributed by atoms with Gasteiger partial charge in [-0.15, -0.1) is 16.4 Å². The van der Waals surface area contributed by atoms with Gasteiger partial charge in [-0.2, -0.15) is 0 Å². The molecule has 0 atom stereocenters. The molecule has 0 aliphatic rings. The number of amides is 1. The van der Waals surface area contributed by atoms with Crippen LogP contribution < -0.4 is 11.0 Å². The lowest BCUT2D eigenvalue weighted by atomic mass is 10.1. The van der Waals surface area contributed by atoms with Crippen molar-refractivity contribution in [2.75, 3.05) is 5.32 Å². The zero-order valence-electron chi connectivity index (χ0n) is 17.3. The Labute approximate surface area is 183 Å². The molecule has 0 spiro atoms. The zero-order chi connectivity index (χ0) is 22.0. The summed E-state index contributed by atoms with van der Waals surface area (Å²) in [5.74, 6) is -0.239. The second-order valence-electron chi connectivity index (χ2n) is 7.37. The highest BCUT2D eigenvalue weighted by molar-refractivity contribution is 7.12. The third-order valence-corrected chi connectivity index (χ3v) is 5.92. The van der Waals surface area contributed by atoms with Crippen LogP contribution in [-0.2, 0) is 11.3 Å². The van der Waals surface area contributed by atoms with E-state index in [4.69, 9.17) is 0 Å². The number of anilines is 1. The van der Waals surface area contributed by atoms with Gasteiger partial charge in [-0.3, -0.25) is 14.0 Å². The summed E-state index contributed by atoms with van der Waals surface area (Å²) in [6.45, 7) is 4.18. The van der Waals surface area contributed by atoms with Crippen LogP contribution in [0.5, 0.6) is 0 Å². The lowest BCUT2D eigenvalue weighted by Gasteiger charge is -2.07. The Kier molecular flexibility index (Phi) is 5.81. The summed E-state index contributed by atoms with van der Waals surface area (Å²) in [6, 6.07) is 14.5. The van der Waals surface area contributed by atoms with Crippen molar-refractivity contribution in [1.29, 1.82) is 0 Å². The smallest absolute Gasteiger partial charge is 0.326 e. The Hall–Kier alpha value is -3.52. The van der Waals surface area contributed by atoms with Crippen LogP contribution in [0.2, 0.25) is 0 Å². The van der Waals surface area contributed by atoms with Crippen LogP contribution in [0.3, 0.4) is 0 Å². The Balaban J connectivity index is 1.39. The molecule has 0 aliphatic carbocycles. The molecule has 4 aromatic rings. The lowest BCUT2D eigenvalue weighted by molar-refractivity contribution is -0.116. The average Bonchev–Trinajstić information content (AvgIpc) is 3.25. The van der Waals surface area contributed by atoms with Gasteiger partial charge in [-0.25, -0.2) is 9.48 Å². The van der Waals surface area contributed by atoms with Gasteiger partial charge < -0.3 is 5.32 Å². The van der Waals surface area contributed by atoms with Crippen molar-refractivity contribution in [3.05, 3.63) is 86.1 Å². The highest BCUT2D eigenvalue weighted by Gasteiger charge is 2.14. The SMILES string of the molecule is Cc1cc(C(=O)CCC(=O)Nc2cccc(Cn3nc4ccccn4c3=O)c2)c(C)s1. The van der Waals surface area contributed by atoms with E-state index in [2.05, 4.69) is 10.4 Å². The summed E-state index contributed by atoms with van der Waals surface area (Å²) >= 11 is 1.59. The molecule has 1 amide bonds. The van der Waals surface area contributed by atoms with Crippen LogP contribution in [-0.4, -0.2) is 25.9 Å². The molecular formula is C23H22N4O3S. The Morgan fingerprint density at radius 3 is 2.65 bits per heavy atom. The number of pyridine rings is 1. The van der Waals surface area contributed by atoms with Crippen molar-refractivity contribution in [3.63, 3.8) is 0 Å². The van der Waals surface area contributed by atoms with E-state index in [0.717, 1.165) is 15.3 Å². The largest absolute Gasteiger partial charge is 0.350 e. The predicted molar refractivity (Wildman–Crippen MR) is 121 cm³/mol. The zero-order valence-corrected chi connectivity index (χ0v) is 18.1. The monoisotopic (exact) mass is 434 g/mol. The number of nitrogens with one attached hydrogen (secondary N) is 1. The minimum Gasteiger partial charge on any atom is -0.326 e. The molecule has 1 N–H and O–H groups in total. The summed E-state index contributed by atoms with van der Waals surface area (Å²) in [4.78, 5) is 39.3. The minimum absolute atomic E-state index is 0.0167. The van der Waals surface area contributed by atoms with Crippen LogP contribution in [0.4, 0.5) is 5.69 Å². The topological polar surface area (TPSA) is 85.5 Å². The molecule has 3 aromatic heterocycles. The maximum Gasteiger partial charge on any atom is 0.350 e. The quantitative estimate of drug-likeness (QED) is 0.448. The number of aromatic nitrogens is 3. The second kappa shape index (κ2) is 8.69. The standard InChI is InChI=1S/C23H22N4O3S/c1-15-12-19(16(2)31-15)20(28)9-10-22(29)24-18-7-5-6-17(13-18)14-27-23(30)26-11-4-3-8-21(26)25-27/h3-8,11-13H,9-10,14H2,1-2H3,(H,24,29). The molecule has 31 heavy (non-hydrogen) atoms. The molecule has 3 heterocycles. The summed E-state index contributed by atoms with van der Waals surface area (Å²) in [5, 5.41) is 7.16. The predicted octanol–water partition coefficient (Wildman–Crippen LogP) is 3.82. The van der Waals surface area contributed by atoms with Crippen LogP contribution >= 0.6 is 11.3 Å². The molecule has 8 heteroatoms. The van der Waals surface area contributed by atoms with Crippen LogP contribution in [0.25, 0.3) is 5.65 Å². The highest BCUT2D eigenvalue weighted by Crippen LogP contribution is 2.22. The molecule has 0 aliphatic heterocycles. The van der Waals surface area contributed by atoms with Gasteiger partial charge in [0.1, 0.15) is 0 Å². The van der Waals surface area contributed by atoms with Crippen molar-refractivity contribution >= 4 is 34.4 Å². The van der Waals surface area contributed by atoms with Crippen LogP contribution in [0.15, 0.2) is 59.5 Å². The lowest BCUT2D eigenvalue weighted by Crippen LogP contribution is -2.21. The number of thiophene rings is 1. The molecule has 158 valence electrons. The fourth-order valence-electron chi connectivity index (χ4n) is 3.48. The summed E-state index contributed by atoms with van der Waals surface area (Å²) < 4.78 is 2.87. The van der Waals surface area contributed by atoms with Gasteiger partial charge in [0, 0.05) is 40.0 Å². The van der Waals surface area contributed by atoms with Crippen LogP contribution in [0, 0.1) is 13.8 Å². The number of hydrogen-bond donors (Lipinski definition) is 1. The maximum atomic E-state index is 12.4. The van der Waals surface area contributed by atoms with Gasteiger partial charge in [-0.1, -0.05) is 18.2 Å². The number of carbonyl (C=O) groups is 2. The van der Waals surface area contributed by atoms with Gasteiger partial charge in [0.15, 0.2) is 11.4 Å². The first-order valence-corrected chi connectivity index (χ1v) is 10.8. The van der Waals surface area contributed by atoms with Gasteiger partial charge in [0.2, 0.25) is 5.91 Å². The van der Waals surface area contributed by atoms with E-state index in [0.29, 0.717) is 23.4 Å². The van der Waals surface area contributed by atoms with Gasteiger partial charge in [0.25, 0.3) is 0 Å². The molecule has 0 unspecified atom stereocenters. The normalized spacial score (nSPS) is 11.0. The molecule has 0 saturated heterocycles. The fourth-order valence-corrected chi connectivity index (χ4v) is 4.43. The summed E-state index contributed by atoms with van der Waals surface area (Å²) in [6.07, 6.45) is 1.96. The Morgan fingerprint density at radius 1 is 1.06 bits per heavy atom. The van der Waals surface area contributed by atoms with Crippen LogP contribution in [0.1, 0.15) is 38.5 Å². The number of aryl methyl sites for hydroxylation is 2. The summed E-state index contributed by atoms with van der Waals surface area (Å²) in [5.41, 5.74) is 2.52. The van der Waals surface area contributed by atoms with Gasteiger partial charge in [-0.05, 0) is 49.7 Å². The third-order valence-electron chi connectivity index (χ3n) is 4.95. The number of hydrogen-bond acceptors (Lipinski definition) is 5. The molecule has 0 fully saturated rings. The second-order valence-corrected chi connectivity index (χ2v) is 8.83. The maximum absolute atomic E-state index is 12.4. The number of nitrogens with zero attached hydrogens (tertiary/aromatic N) is 3. The first-order chi connectivity index (χ1) is 14.9. The van der Waals surface area contributed by atoms with E-state index in [-0.39, 0.29) is 30.2 Å². The number of fused-ring (bicyclic) bond motifs is 1. The third kappa shape index (κ3) is 4.64. The average molecular weight is 435 g/mol. The van der Waals surface area contributed by atoms with E-state index < -0.39 is 0 Å². The Morgan fingerprint density at radius 2 is 1.90 bits per heavy atom. The van der Waals surface area contributed by atoms with Gasteiger partial charge in [0.05, 0.1) is 6.54 Å². The molecule has 0 radical (unpaired) electrons. The fraction of sp³-hybridized carbons (Fsp3) is 0.217. The van der Waals surface area contributed by atoms with E-state index in [9.17, 15) is 14.4 Å². The van der Waals surface area contributed by atoms with E-state index >= 15 is 0 Å². The first kappa shape index (κ1) is 20.7. The minimum atomic E-state index is -0.222. The van der Waals surface area contributed by atoms with Crippen molar-refractivity contribution in [1.82, 2.24) is 14.2 Å². The van der Waals surface area contributed by atoms with Gasteiger partial charge >= 0.3 is 5.69 Å². The van der Waals surface area contributed by atoms with E-state index in [1.165, 1.54) is 9.08 Å². The number of benzene rings is 1. The molecule has 4 rings (SSSR count). The molecular weight excluding hydrogens is 412 g/mol. The van der Waals surface area contributed by atoms with Crippen molar-refractivity contribution in [2.45, 2.75) is 33.2 Å². The van der Waals surface area contributed by atoms with Crippen molar-refractivity contribution in [3.8, 4) is 0 Å².